The van der Waals surface area contributed by atoms with E-state index in [4.69, 9.17) is 11.6 Å². The second kappa shape index (κ2) is 8.16. The molecule has 0 atom stereocenters. The third kappa shape index (κ3) is 3.80. The third-order valence-electron chi connectivity index (χ3n) is 5.35. The lowest BCUT2D eigenvalue weighted by molar-refractivity contribution is 0.239. The van der Waals surface area contributed by atoms with Crippen LogP contribution in [-0.4, -0.2) is 52.3 Å². The summed E-state index contributed by atoms with van der Waals surface area (Å²) >= 11 is 6.31. The molecule has 1 saturated heterocycles. The van der Waals surface area contributed by atoms with E-state index in [1.807, 2.05) is 60.1 Å². The Balaban J connectivity index is 1.50. The van der Waals surface area contributed by atoms with E-state index in [1.165, 1.54) is 0 Å². The number of nitriles is 1. The second-order valence-corrected chi connectivity index (χ2v) is 7.54. The highest BCUT2D eigenvalue weighted by Crippen LogP contribution is 2.27. The van der Waals surface area contributed by atoms with Gasteiger partial charge >= 0.3 is 0 Å². The molecule has 4 rings (SSSR count). The van der Waals surface area contributed by atoms with E-state index in [2.05, 4.69) is 20.9 Å². The fourth-order valence-corrected chi connectivity index (χ4v) is 4.01. The normalized spacial score (nSPS) is 16.0. The highest BCUT2D eigenvalue weighted by Gasteiger charge is 2.22. The minimum absolute atomic E-state index is 0.0529. The Hall–Kier alpha value is -3.01. The van der Waals surface area contributed by atoms with Gasteiger partial charge in [-0.05, 0) is 24.3 Å². The number of piperazine rings is 1. The van der Waals surface area contributed by atoms with Crippen molar-refractivity contribution in [3.05, 3.63) is 65.1 Å². The van der Waals surface area contributed by atoms with E-state index >= 15 is 0 Å². The number of fused-ring (bicyclic) bond motifs is 1. The van der Waals surface area contributed by atoms with E-state index in [9.17, 15) is 10.4 Å². The minimum atomic E-state index is 0.0529. The predicted octanol–water partition coefficient (Wildman–Crippen LogP) is 3.84. The summed E-state index contributed by atoms with van der Waals surface area (Å²) < 4.78 is 1.85. The van der Waals surface area contributed by atoms with Crippen LogP contribution in [0.5, 0.6) is 0 Å². The highest BCUT2D eigenvalue weighted by molar-refractivity contribution is 6.33. The number of aryl methyl sites for hydroxylation is 1. The number of hydrogen-bond acceptors (Lipinski definition) is 5. The van der Waals surface area contributed by atoms with Gasteiger partial charge in [-0.15, -0.1) is 0 Å². The molecule has 0 aliphatic carbocycles. The summed E-state index contributed by atoms with van der Waals surface area (Å²) in [4.78, 5) is 8.93. The SMILES string of the molecule is Cn1c(/C(C#N)=C(\O)CN2CCN(c3ccccc3Cl)CC2)nc2ccccc21. The third-order valence-corrected chi connectivity index (χ3v) is 5.67. The van der Waals surface area contributed by atoms with E-state index < -0.39 is 0 Å². The molecule has 0 unspecified atom stereocenters. The zero-order chi connectivity index (χ0) is 20.4. The van der Waals surface area contributed by atoms with Crippen LogP contribution in [0, 0.1) is 11.3 Å². The molecule has 148 valence electrons. The lowest BCUT2D eigenvalue weighted by Crippen LogP contribution is -2.47. The molecule has 2 aromatic carbocycles. The molecule has 1 fully saturated rings. The molecule has 1 aromatic heterocycles. The largest absolute Gasteiger partial charge is 0.509 e. The van der Waals surface area contributed by atoms with Crippen molar-refractivity contribution in [1.29, 1.82) is 5.26 Å². The van der Waals surface area contributed by atoms with Gasteiger partial charge in [0.15, 0.2) is 5.82 Å². The fourth-order valence-electron chi connectivity index (χ4n) is 3.76. The number of nitrogens with zero attached hydrogens (tertiary/aromatic N) is 5. The second-order valence-electron chi connectivity index (χ2n) is 7.13. The summed E-state index contributed by atoms with van der Waals surface area (Å²) in [5.74, 6) is 0.540. The molecule has 6 nitrogen and oxygen atoms in total. The Labute approximate surface area is 174 Å². The van der Waals surface area contributed by atoms with E-state index in [-0.39, 0.29) is 11.3 Å². The lowest BCUT2D eigenvalue weighted by atomic mass is 10.2. The number of aliphatic hydroxyl groups excluding tert-OH is 1. The van der Waals surface area contributed by atoms with Crippen LogP contribution in [0.2, 0.25) is 5.02 Å². The summed E-state index contributed by atoms with van der Waals surface area (Å²) in [5.41, 5.74) is 2.98. The number of allylic oxidation sites excluding steroid dienone is 1. The van der Waals surface area contributed by atoms with Gasteiger partial charge in [-0.2, -0.15) is 5.26 Å². The number of aliphatic hydroxyl groups is 1. The quantitative estimate of drug-likeness (QED) is 0.525. The van der Waals surface area contributed by atoms with Crippen molar-refractivity contribution >= 4 is 33.9 Å². The first kappa shape index (κ1) is 19.3. The average molecular weight is 408 g/mol. The topological polar surface area (TPSA) is 68.3 Å². The number of halogens is 1. The number of hydrogen-bond donors (Lipinski definition) is 1. The molecule has 29 heavy (non-hydrogen) atoms. The van der Waals surface area contributed by atoms with Crippen LogP contribution in [0.3, 0.4) is 0 Å². The van der Waals surface area contributed by atoms with E-state index in [1.54, 1.807) is 0 Å². The number of para-hydroxylation sites is 3. The average Bonchev–Trinajstić information content (AvgIpc) is 3.06. The van der Waals surface area contributed by atoms with Crippen LogP contribution in [0.1, 0.15) is 5.82 Å². The standard InChI is InChI=1S/C22H22ClN5O/c1-26-20-9-5-3-7-18(20)25-22(26)16(14-24)21(29)15-27-10-12-28(13-11-27)19-8-4-2-6-17(19)23/h2-9,29H,10-13,15H2,1H3/b21-16-. The van der Waals surface area contributed by atoms with Crippen molar-refractivity contribution in [2.24, 2.45) is 7.05 Å². The van der Waals surface area contributed by atoms with Crippen LogP contribution in [0.15, 0.2) is 54.3 Å². The molecular weight excluding hydrogens is 386 g/mol. The van der Waals surface area contributed by atoms with Crippen LogP contribution in [0.4, 0.5) is 5.69 Å². The molecular formula is C22H22ClN5O. The van der Waals surface area contributed by atoms with Crippen molar-refractivity contribution in [3.8, 4) is 6.07 Å². The highest BCUT2D eigenvalue weighted by atomic mass is 35.5. The molecule has 1 aliphatic heterocycles. The number of anilines is 1. The van der Waals surface area contributed by atoms with Gasteiger partial charge in [0.1, 0.15) is 17.4 Å². The van der Waals surface area contributed by atoms with Gasteiger partial charge in [-0.3, -0.25) is 4.90 Å². The summed E-state index contributed by atoms with van der Waals surface area (Å²) in [7, 11) is 1.86. The van der Waals surface area contributed by atoms with Crippen LogP contribution in [-0.2, 0) is 7.05 Å². The molecule has 0 amide bonds. The molecule has 0 radical (unpaired) electrons. The van der Waals surface area contributed by atoms with Crippen molar-refractivity contribution in [2.45, 2.75) is 0 Å². The van der Waals surface area contributed by atoms with Crippen molar-refractivity contribution in [2.75, 3.05) is 37.6 Å². The Morgan fingerprint density at radius 2 is 1.79 bits per heavy atom. The van der Waals surface area contributed by atoms with Gasteiger partial charge in [0.25, 0.3) is 0 Å². The zero-order valence-electron chi connectivity index (χ0n) is 16.2. The molecule has 7 heteroatoms. The molecule has 0 bridgehead atoms. The van der Waals surface area contributed by atoms with Crippen LogP contribution < -0.4 is 4.90 Å². The molecule has 3 aromatic rings. The van der Waals surface area contributed by atoms with Crippen LogP contribution >= 0.6 is 11.6 Å². The lowest BCUT2D eigenvalue weighted by Gasteiger charge is -2.36. The first-order chi connectivity index (χ1) is 14.1. The van der Waals surface area contributed by atoms with Crippen molar-refractivity contribution < 1.29 is 5.11 Å². The summed E-state index contributed by atoms with van der Waals surface area (Å²) in [6, 6.07) is 17.7. The molecule has 0 saturated carbocycles. The maximum absolute atomic E-state index is 10.7. The molecule has 0 spiro atoms. The minimum Gasteiger partial charge on any atom is -0.509 e. The Kier molecular flexibility index (Phi) is 5.43. The Morgan fingerprint density at radius 1 is 1.10 bits per heavy atom. The molecule has 2 heterocycles. The van der Waals surface area contributed by atoms with Crippen molar-refractivity contribution in [1.82, 2.24) is 14.5 Å². The first-order valence-electron chi connectivity index (χ1n) is 9.54. The molecule has 1 aliphatic rings. The number of imidazole rings is 1. The van der Waals surface area contributed by atoms with Gasteiger partial charge in [-0.1, -0.05) is 35.9 Å². The maximum Gasteiger partial charge on any atom is 0.155 e. The number of aromatic nitrogens is 2. The summed E-state index contributed by atoms with van der Waals surface area (Å²) in [6.07, 6.45) is 0. The van der Waals surface area contributed by atoms with Gasteiger partial charge in [0.2, 0.25) is 0 Å². The summed E-state index contributed by atoms with van der Waals surface area (Å²) in [6.45, 7) is 3.49. The van der Waals surface area contributed by atoms with Gasteiger partial charge in [-0.25, -0.2) is 4.98 Å². The Bertz CT molecular complexity index is 1110. The smallest absolute Gasteiger partial charge is 0.155 e. The number of benzene rings is 2. The Morgan fingerprint density at radius 3 is 2.48 bits per heavy atom. The van der Waals surface area contributed by atoms with Crippen LogP contribution in [0.25, 0.3) is 16.6 Å². The molecule has 1 N–H and O–H groups in total. The monoisotopic (exact) mass is 407 g/mol. The van der Waals surface area contributed by atoms with Gasteiger partial charge in [0.05, 0.1) is 28.3 Å². The first-order valence-corrected chi connectivity index (χ1v) is 9.92. The maximum atomic E-state index is 10.7. The van der Waals surface area contributed by atoms with Gasteiger partial charge < -0.3 is 14.6 Å². The van der Waals surface area contributed by atoms with E-state index in [0.717, 1.165) is 47.9 Å². The number of rotatable bonds is 4. The fraction of sp³-hybridized carbons (Fsp3) is 0.273. The predicted molar refractivity (Wildman–Crippen MR) is 116 cm³/mol. The van der Waals surface area contributed by atoms with Gasteiger partial charge in [0, 0.05) is 33.2 Å². The zero-order valence-corrected chi connectivity index (χ0v) is 17.0. The van der Waals surface area contributed by atoms with E-state index in [0.29, 0.717) is 12.4 Å². The summed E-state index contributed by atoms with van der Waals surface area (Å²) in [5, 5.41) is 21.2. The van der Waals surface area contributed by atoms with Crippen molar-refractivity contribution in [3.63, 3.8) is 0 Å².